The summed E-state index contributed by atoms with van der Waals surface area (Å²) >= 11 is 0. The summed E-state index contributed by atoms with van der Waals surface area (Å²) in [5.74, 6) is 3.88. The lowest BCUT2D eigenvalue weighted by atomic mass is 10.1. The first-order valence-electron chi connectivity index (χ1n) is 17.9. The van der Waals surface area contributed by atoms with Gasteiger partial charge in [-0.05, 0) is 60.7 Å². The van der Waals surface area contributed by atoms with E-state index in [2.05, 4.69) is 28.0 Å². The number of hydrogen-bond donors (Lipinski definition) is 1. The van der Waals surface area contributed by atoms with Crippen LogP contribution in [0.2, 0.25) is 0 Å². The first-order chi connectivity index (χ1) is 25.8. The number of phenolic OH excluding ortho intramolecular Hbond substituents is 1. The molecule has 12 heteroatoms. The molecular weight excluding hydrogens is 669 g/mol. The normalized spacial score (nSPS) is 14.5. The minimum absolute atomic E-state index is 0.182. The van der Waals surface area contributed by atoms with E-state index < -0.39 is 0 Å². The van der Waals surface area contributed by atoms with Gasteiger partial charge in [-0.3, -0.25) is 0 Å². The highest BCUT2D eigenvalue weighted by atomic mass is 16.5. The van der Waals surface area contributed by atoms with E-state index in [9.17, 15) is 5.11 Å². The van der Waals surface area contributed by atoms with E-state index in [1.54, 1.807) is 13.2 Å². The van der Waals surface area contributed by atoms with E-state index in [1.807, 2.05) is 98.7 Å². The average molecular weight is 715 g/mol. The minimum atomic E-state index is 0.182. The van der Waals surface area contributed by atoms with E-state index in [1.165, 1.54) is 0 Å². The number of rotatable bonds is 7. The number of morpholine rings is 2. The topological polar surface area (TPSA) is 112 Å². The molecule has 0 aliphatic carbocycles. The summed E-state index contributed by atoms with van der Waals surface area (Å²) in [6.45, 7) is 6.37. The molecule has 0 bridgehead atoms. The van der Waals surface area contributed by atoms with Gasteiger partial charge < -0.3 is 38.9 Å². The van der Waals surface area contributed by atoms with Gasteiger partial charge in [0, 0.05) is 76.5 Å². The zero-order valence-corrected chi connectivity index (χ0v) is 31.0. The molecule has 8 rings (SSSR count). The third-order valence-electron chi connectivity index (χ3n) is 9.41. The molecule has 0 amide bonds. The van der Waals surface area contributed by atoms with Gasteiger partial charge in [0.05, 0.1) is 55.7 Å². The van der Waals surface area contributed by atoms with Gasteiger partial charge in [-0.25, -0.2) is 19.9 Å². The zero-order valence-electron chi connectivity index (χ0n) is 31.0. The fourth-order valence-electron chi connectivity index (χ4n) is 6.65. The number of ether oxygens (including phenoxy) is 3. The second kappa shape index (κ2) is 15.9. The van der Waals surface area contributed by atoms with Gasteiger partial charge in [-0.1, -0.05) is 24.3 Å². The van der Waals surface area contributed by atoms with E-state index >= 15 is 0 Å². The van der Waals surface area contributed by atoms with Crippen LogP contribution < -0.4 is 24.3 Å². The van der Waals surface area contributed by atoms with Crippen LogP contribution in [0, 0.1) is 0 Å². The van der Waals surface area contributed by atoms with Crippen LogP contribution in [0.3, 0.4) is 0 Å². The smallest absolute Gasteiger partial charge is 0.165 e. The van der Waals surface area contributed by atoms with Crippen LogP contribution in [0.4, 0.5) is 23.0 Å². The van der Waals surface area contributed by atoms with Crippen LogP contribution in [-0.4, -0.2) is 113 Å². The highest BCUT2D eigenvalue weighted by Gasteiger charge is 2.19. The molecule has 0 atom stereocenters. The Labute approximate surface area is 310 Å². The molecule has 0 spiro atoms. The molecule has 4 aromatic carbocycles. The number of anilines is 4. The standard InChI is InChI=1S/C21H24N4O2.C20H22N4O2/c1-24(2)21-16-6-4-5-7-18(16)22-20(23-21)17-14-15(8-9-19(17)26-3)25-10-12-27-13-11-25;1-23(2)20-15-5-3-4-6-17(15)21-19(22-20)16-13-14(7-8-18(16)25)24-9-11-26-12-10-24/h4-9,14H,10-13H2,1-3H3;3-8,13,25H,9-12H2,1-2H3. The van der Waals surface area contributed by atoms with Crippen LogP contribution in [0.25, 0.3) is 44.6 Å². The zero-order chi connectivity index (χ0) is 36.9. The van der Waals surface area contributed by atoms with Crippen molar-refractivity contribution in [3.63, 3.8) is 0 Å². The van der Waals surface area contributed by atoms with Gasteiger partial charge in [-0.15, -0.1) is 0 Å². The maximum Gasteiger partial charge on any atom is 0.165 e. The van der Waals surface area contributed by atoms with Gasteiger partial charge in [-0.2, -0.15) is 0 Å². The lowest BCUT2D eigenvalue weighted by Gasteiger charge is -2.29. The number of hydrogen-bond acceptors (Lipinski definition) is 12. The highest BCUT2D eigenvalue weighted by molar-refractivity contribution is 5.92. The molecule has 2 saturated heterocycles. The van der Waals surface area contributed by atoms with Gasteiger partial charge in [0.15, 0.2) is 11.6 Å². The molecule has 1 N–H and O–H groups in total. The van der Waals surface area contributed by atoms with Crippen LogP contribution >= 0.6 is 0 Å². The first-order valence-corrected chi connectivity index (χ1v) is 17.9. The Morgan fingerprint density at radius 3 is 1.53 bits per heavy atom. The van der Waals surface area contributed by atoms with Crippen molar-refractivity contribution >= 4 is 44.8 Å². The fraction of sp³-hybridized carbons (Fsp3) is 0.317. The van der Waals surface area contributed by atoms with E-state index in [4.69, 9.17) is 34.1 Å². The Kier molecular flexibility index (Phi) is 10.7. The van der Waals surface area contributed by atoms with Gasteiger partial charge in [0.25, 0.3) is 0 Å². The third kappa shape index (κ3) is 7.74. The van der Waals surface area contributed by atoms with Crippen molar-refractivity contribution in [1.29, 1.82) is 0 Å². The molecule has 53 heavy (non-hydrogen) atoms. The summed E-state index contributed by atoms with van der Waals surface area (Å²) in [5, 5.41) is 12.5. The van der Waals surface area contributed by atoms with E-state index in [0.717, 1.165) is 95.5 Å². The van der Waals surface area contributed by atoms with Gasteiger partial charge >= 0.3 is 0 Å². The van der Waals surface area contributed by atoms with Gasteiger partial charge in [0.2, 0.25) is 0 Å². The Balaban J connectivity index is 0.000000164. The fourth-order valence-corrected chi connectivity index (χ4v) is 6.65. The molecule has 2 aliphatic rings. The van der Waals surface area contributed by atoms with Crippen LogP contribution in [0.15, 0.2) is 84.9 Å². The van der Waals surface area contributed by atoms with Crippen molar-refractivity contribution in [2.75, 3.05) is 108 Å². The van der Waals surface area contributed by atoms with Gasteiger partial charge in [0.1, 0.15) is 23.1 Å². The number of aromatic hydroxyl groups is 1. The molecule has 0 unspecified atom stereocenters. The first kappa shape index (κ1) is 35.7. The Bertz CT molecular complexity index is 2200. The predicted molar refractivity (Wildman–Crippen MR) is 213 cm³/mol. The summed E-state index contributed by atoms with van der Waals surface area (Å²) in [6.07, 6.45) is 0. The summed E-state index contributed by atoms with van der Waals surface area (Å²) < 4.78 is 16.5. The summed E-state index contributed by atoms with van der Waals surface area (Å²) in [7, 11) is 9.60. The highest BCUT2D eigenvalue weighted by Crippen LogP contribution is 2.36. The number of fused-ring (bicyclic) bond motifs is 2. The molecule has 0 saturated carbocycles. The monoisotopic (exact) mass is 714 g/mol. The molecule has 6 aromatic rings. The molecule has 12 nitrogen and oxygen atoms in total. The van der Waals surface area contributed by atoms with E-state index in [-0.39, 0.29) is 5.75 Å². The lowest BCUT2D eigenvalue weighted by molar-refractivity contribution is 0.122. The number of nitrogens with zero attached hydrogens (tertiary/aromatic N) is 8. The maximum atomic E-state index is 10.5. The molecule has 274 valence electrons. The summed E-state index contributed by atoms with van der Waals surface area (Å²) in [6, 6.07) is 27.8. The minimum Gasteiger partial charge on any atom is -0.507 e. The third-order valence-corrected chi connectivity index (χ3v) is 9.41. The van der Waals surface area contributed by atoms with Crippen molar-refractivity contribution in [3.05, 3.63) is 84.9 Å². The number of para-hydroxylation sites is 2. The summed E-state index contributed by atoms with van der Waals surface area (Å²) in [5.41, 5.74) is 5.50. The number of methoxy groups -OCH3 is 1. The Hall–Kier alpha value is -5.72. The van der Waals surface area contributed by atoms with Crippen molar-refractivity contribution in [3.8, 4) is 34.3 Å². The van der Waals surface area contributed by atoms with Crippen LogP contribution in [-0.2, 0) is 9.47 Å². The van der Waals surface area contributed by atoms with Crippen molar-refractivity contribution in [2.24, 2.45) is 0 Å². The number of phenols is 1. The average Bonchev–Trinajstić information content (AvgIpc) is 3.20. The quantitative estimate of drug-likeness (QED) is 0.206. The molecular formula is C41H46N8O4. The Morgan fingerprint density at radius 2 is 1.04 bits per heavy atom. The molecule has 2 fully saturated rings. The SMILES string of the molecule is CN(C)c1nc(-c2cc(N3CCOCC3)ccc2O)nc2ccccc12.COc1ccc(N2CCOCC2)cc1-c1nc(N(C)C)c2ccccc2n1. The van der Waals surface area contributed by atoms with Crippen LogP contribution in [0.1, 0.15) is 0 Å². The molecule has 2 aromatic heterocycles. The summed E-state index contributed by atoms with van der Waals surface area (Å²) in [4.78, 5) is 27.7. The molecule has 4 heterocycles. The van der Waals surface area contributed by atoms with Crippen molar-refractivity contribution in [2.45, 2.75) is 0 Å². The van der Waals surface area contributed by atoms with Crippen LogP contribution in [0.5, 0.6) is 11.5 Å². The lowest BCUT2D eigenvalue weighted by Crippen LogP contribution is -2.36. The van der Waals surface area contributed by atoms with Crippen molar-refractivity contribution in [1.82, 2.24) is 19.9 Å². The second-order valence-corrected chi connectivity index (χ2v) is 13.3. The van der Waals surface area contributed by atoms with Crippen molar-refractivity contribution < 1.29 is 19.3 Å². The molecule has 2 aliphatic heterocycles. The maximum absolute atomic E-state index is 10.5. The largest absolute Gasteiger partial charge is 0.507 e. The molecule has 0 radical (unpaired) electrons. The van der Waals surface area contributed by atoms with E-state index in [0.29, 0.717) is 30.4 Å². The predicted octanol–water partition coefficient (Wildman–Crippen LogP) is 6.11. The second-order valence-electron chi connectivity index (χ2n) is 13.3. The number of aromatic nitrogens is 4. The number of benzene rings is 4. The Morgan fingerprint density at radius 1 is 0.585 bits per heavy atom.